The van der Waals surface area contributed by atoms with Gasteiger partial charge in [-0.2, -0.15) is 0 Å². The van der Waals surface area contributed by atoms with Gasteiger partial charge in [0.1, 0.15) is 5.75 Å². The number of alkyl halides is 1. The maximum atomic E-state index is 12.5. The van der Waals surface area contributed by atoms with Gasteiger partial charge in [0.2, 0.25) is 0 Å². The van der Waals surface area contributed by atoms with E-state index < -0.39 is 0 Å². The Morgan fingerprint density at radius 1 is 1.50 bits per heavy atom. The van der Waals surface area contributed by atoms with Crippen molar-refractivity contribution in [3.8, 4) is 5.75 Å². The molecule has 0 bridgehead atoms. The van der Waals surface area contributed by atoms with Crippen LogP contribution in [0.5, 0.6) is 5.75 Å². The van der Waals surface area contributed by atoms with Crippen molar-refractivity contribution < 1.29 is 9.53 Å². The Balaban J connectivity index is 2.04. The van der Waals surface area contributed by atoms with Crippen LogP contribution in [0.25, 0.3) is 0 Å². The van der Waals surface area contributed by atoms with E-state index in [4.69, 9.17) is 4.74 Å². The van der Waals surface area contributed by atoms with Crippen LogP contribution >= 0.6 is 15.9 Å². The minimum absolute atomic E-state index is 0.123. The van der Waals surface area contributed by atoms with Crippen LogP contribution in [-0.4, -0.2) is 35.8 Å². The Hall–Kier alpha value is -1.03. The highest BCUT2D eigenvalue weighted by molar-refractivity contribution is 9.09. The van der Waals surface area contributed by atoms with Gasteiger partial charge in [-0.25, -0.2) is 0 Å². The van der Waals surface area contributed by atoms with Gasteiger partial charge in [-0.1, -0.05) is 28.9 Å². The largest absolute Gasteiger partial charge is 0.494 e. The third-order valence-corrected chi connectivity index (χ3v) is 4.49. The van der Waals surface area contributed by atoms with Crippen LogP contribution in [0.2, 0.25) is 0 Å². The van der Waals surface area contributed by atoms with Crippen LogP contribution in [0, 0.1) is 5.92 Å². The SMILES string of the molecule is CCCOc1cccc(C(=O)N2CCCC(CBr)C2)c1. The van der Waals surface area contributed by atoms with Crippen LogP contribution in [-0.2, 0) is 0 Å². The van der Waals surface area contributed by atoms with Gasteiger partial charge in [-0.15, -0.1) is 0 Å². The molecular weight excluding hydrogens is 318 g/mol. The van der Waals surface area contributed by atoms with Gasteiger partial charge < -0.3 is 9.64 Å². The predicted octanol–water partition coefficient (Wildman–Crippen LogP) is 3.72. The number of amides is 1. The number of nitrogens with zero attached hydrogens (tertiary/aromatic N) is 1. The third-order valence-electron chi connectivity index (χ3n) is 3.58. The maximum absolute atomic E-state index is 12.5. The van der Waals surface area contributed by atoms with Gasteiger partial charge in [0.05, 0.1) is 6.61 Å². The highest BCUT2D eigenvalue weighted by Crippen LogP contribution is 2.21. The van der Waals surface area contributed by atoms with E-state index in [0.717, 1.165) is 42.6 Å². The Bertz CT molecular complexity index is 450. The van der Waals surface area contributed by atoms with Gasteiger partial charge in [-0.3, -0.25) is 4.79 Å². The van der Waals surface area contributed by atoms with Crippen molar-refractivity contribution in [2.45, 2.75) is 26.2 Å². The highest BCUT2D eigenvalue weighted by atomic mass is 79.9. The quantitative estimate of drug-likeness (QED) is 0.765. The van der Waals surface area contributed by atoms with E-state index in [1.54, 1.807) is 0 Å². The molecule has 0 aromatic heterocycles. The van der Waals surface area contributed by atoms with Crippen LogP contribution in [0.15, 0.2) is 24.3 Å². The summed E-state index contributed by atoms with van der Waals surface area (Å²) in [7, 11) is 0. The molecule has 1 aliphatic heterocycles. The zero-order chi connectivity index (χ0) is 14.4. The molecule has 1 fully saturated rings. The average Bonchev–Trinajstić information content (AvgIpc) is 2.52. The van der Waals surface area contributed by atoms with Crippen molar-refractivity contribution in [3.05, 3.63) is 29.8 Å². The Morgan fingerprint density at radius 2 is 2.35 bits per heavy atom. The summed E-state index contributed by atoms with van der Waals surface area (Å²) in [6.07, 6.45) is 3.26. The molecule has 0 radical (unpaired) electrons. The van der Waals surface area contributed by atoms with Crippen LogP contribution < -0.4 is 4.74 Å². The standard InChI is InChI=1S/C16H22BrNO2/c1-2-9-20-15-7-3-6-14(10-15)16(19)18-8-4-5-13(11-17)12-18/h3,6-7,10,13H,2,4-5,8-9,11-12H2,1H3. The second-order valence-corrected chi connectivity index (χ2v) is 5.94. The molecule has 1 unspecified atom stereocenters. The highest BCUT2D eigenvalue weighted by Gasteiger charge is 2.23. The fourth-order valence-electron chi connectivity index (χ4n) is 2.50. The molecule has 0 N–H and O–H groups in total. The summed E-state index contributed by atoms with van der Waals surface area (Å²) in [4.78, 5) is 14.5. The molecule has 0 spiro atoms. The third kappa shape index (κ3) is 3.98. The van der Waals surface area contributed by atoms with Crippen molar-refractivity contribution >= 4 is 21.8 Å². The van der Waals surface area contributed by atoms with Gasteiger partial charge in [0, 0.05) is 24.0 Å². The molecule has 0 aliphatic carbocycles. The second kappa shape index (κ2) is 7.67. The minimum Gasteiger partial charge on any atom is -0.494 e. The maximum Gasteiger partial charge on any atom is 0.253 e. The molecular formula is C16H22BrNO2. The normalized spacial score (nSPS) is 18.9. The Labute approximate surface area is 129 Å². The molecule has 110 valence electrons. The summed E-state index contributed by atoms with van der Waals surface area (Å²) in [5.41, 5.74) is 0.730. The van der Waals surface area contributed by atoms with Crippen molar-refractivity contribution in [2.24, 2.45) is 5.92 Å². The van der Waals surface area contributed by atoms with Gasteiger partial charge >= 0.3 is 0 Å². The van der Waals surface area contributed by atoms with Crippen molar-refractivity contribution in [3.63, 3.8) is 0 Å². The predicted molar refractivity (Wildman–Crippen MR) is 84.6 cm³/mol. The fourth-order valence-corrected chi connectivity index (χ4v) is 3.03. The topological polar surface area (TPSA) is 29.5 Å². The van der Waals surface area contributed by atoms with Crippen LogP contribution in [0.3, 0.4) is 0 Å². The number of hydrogen-bond donors (Lipinski definition) is 0. The molecule has 1 heterocycles. The van der Waals surface area contributed by atoms with Gasteiger partial charge in [-0.05, 0) is 43.4 Å². The monoisotopic (exact) mass is 339 g/mol. The zero-order valence-corrected chi connectivity index (χ0v) is 13.6. The number of carbonyl (C=O) groups excluding carboxylic acids is 1. The lowest BCUT2D eigenvalue weighted by Gasteiger charge is -2.32. The second-order valence-electron chi connectivity index (χ2n) is 5.29. The van der Waals surface area contributed by atoms with Crippen LogP contribution in [0.4, 0.5) is 0 Å². The Morgan fingerprint density at radius 3 is 3.10 bits per heavy atom. The number of ether oxygens (including phenoxy) is 1. The lowest BCUT2D eigenvalue weighted by atomic mass is 9.99. The average molecular weight is 340 g/mol. The van der Waals surface area contributed by atoms with Gasteiger partial charge in [0.25, 0.3) is 5.91 Å². The molecule has 1 amide bonds. The summed E-state index contributed by atoms with van der Waals surface area (Å²) >= 11 is 3.53. The molecule has 20 heavy (non-hydrogen) atoms. The minimum atomic E-state index is 0.123. The van der Waals surface area contributed by atoms with E-state index >= 15 is 0 Å². The van der Waals surface area contributed by atoms with Crippen molar-refractivity contribution in [1.29, 1.82) is 0 Å². The molecule has 4 heteroatoms. The smallest absolute Gasteiger partial charge is 0.253 e. The van der Waals surface area contributed by atoms with E-state index in [9.17, 15) is 4.79 Å². The number of benzene rings is 1. The fraction of sp³-hybridized carbons (Fsp3) is 0.562. The molecule has 1 saturated heterocycles. The Kier molecular flexibility index (Phi) is 5.89. The molecule has 1 aliphatic rings. The summed E-state index contributed by atoms with van der Waals surface area (Å²) in [5, 5.41) is 0.969. The van der Waals surface area contributed by atoms with E-state index in [1.165, 1.54) is 6.42 Å². The number of piperidine rings is 1. The van der Waals surface area contributed by atoms with E-state index in [1.807, 2.05) is 29.2 Å². The molecule has 1 aromatic carbocycles. The summed E-state index contributed by atoms with van der Waals surface area (Å²) < 4.78 is 5.60. The van der Waals surface area contributed by atoms with Crippen molar-refractivity contribution in [1.82, 2.24) is 4.90 Å². The lowest BCUT2D eigenvalue weighted by Crippen LogP contribution is -2.40. The molecule has 1 atom stereocenters. The van der Waals surface area contributed by atoms with Crippen LogP contribution in [0.1, 0.15) is 36.5 Å². The number of likely N-dealkylation sites (tertiary alicyclic amines) is 1. The summed E-state index contributed by atoms with van der Waals surface area (Å²) in [5.74, 6) is 1.48. The molecule has 1 aromatic rings. The zero-order valence-electron chi connectivity index (χ0n) is 12.0. The van der Waals surface area contributed by atoms with E-state index in [-0.39, 0.29) is 5.91 Å². The number of rotatable bonds is 5. The first kappa shape index (κ1) is 15.4. The van der Waals surface area contributed by atoms with E-state index in [2.05, 4.69) is 22.9 Å². The molecule has 0 saturated carbocycles. The molecule has 2 rings (SSSR count). The van der Waals surface area contributed by atoms with Crippen molar-refractivity contribution in [2.75, 3.05) is 25.0 Å². The number of halogens is 1. The first-order valence-electron chi connectivity index (χ1n) is 7.32. The molecule has 3 nitrogen and oxygen atoms in total. The first-order chi connectivity index (χ1) is 9.74. The number of hydrogen-bond acceptors (Lipinski definition) is 2. The lowest BCUT2D eigenvalue weighted by molar-refractivity contribution is 0.0685. The number of carbonyl (C=O) groups is 1. The first-order valence-corrected chi connectivity index (χ1v) is 8.44. The summed E-state index contributed by atoms with van der Waals surface area (Å²) in [6.45, 7) is 4.47. The summed E-state index contributed by atoms with van der Waals surface area (Å²) in [6, 6.07) is 7.53. The van der Waals surface area contributed by atoms with Gasteiger partial charge in [0.15, 0.2) is 0 Å². The van der Waals surface area contributed by atoms with E-state index in [0.29, 0.717) is 12.5 Å².